The third-order valence-corrected chi connectivity index (χ3v) is 5.20. The molecule has 6 N–H and O–H groups in total. The van der Waals surface area contributed by atoms with Crippen LogP contribution in [-0.2, 0) is 9.53 Å². The first kappa shape index (κ1) is 29.9. The molecule has 186 valence electrons. The molecule has 1 fully saturated rings. The summed E-state index contributed by atoms with van der Waals surface area (Å²) in [5.74, 6) is -0.632. The predicted octanol–water partition coefficient (Wildman–Crippen LogP) is 4.64. The maximum Gasteiger partial charge on any atom is 0.303 e. The fourth-order valence-corrected chi connectivity index (χ4v) is 3.32. The van der Waals surface area contributed by atoms with E-state index in [-0.39, 0.29) is 11.9 Å². The number of aliphatic carboxylic acids is 1. The number of nitrogens with one attached hydrogen (secondary N) is 1. The molecule has 0 aromatic carbocycles. The zero-order chi connectivity index (χ0) is 23.9. The number of allylic oxidation sites excluding steroid dienone is 2. The Kier molecular flexibility index (Phi) is 20.7. The number of morpholine rings is 1. The zero-order valence-corrected chi connectivity index (χ0v) is 20.2. The minimum Gasteiger partial charge on any atom is -0.481 e. The number of carboxylic acids is 1. The van der Waals surface area contributed by atoms with Crippen molar-refractivity contribution in [1.29, 1.82) is 5.41 Å². The molecular formula is C24H47N5O3. The van der Waals surface area contributed by atoms with Gasteiger partial charge < -0.3 is 26.2 Å². The normalized spacial score (nSPS) is 13.5. The maximum absolute atomic E-state index is 10.3. The summed E-state index contributed by atoms with van der Waals surface area (Å²) in [7, 11) is 0. The summed E-state index contributed by atoms with van der Waals surface area (Å²) in [6.45, 7) is 4.87. The summed E-state index contributed by atoms with van der Waals surface area (Å²) in [5.41, 5.74) is 10.3. The summed E-state index contributed by atoms with van der Waals surface area (Å²) in [6.07, 6.45) is 21.2. The van der Waals surface area contributed by atoms with E-state index in [2.05, 4.69) is 24.1 Å². The summed E-state index contributed by atoms with van der Waals surface area (Å²) in [6, 6.07) is 0. The first-order valence-corrected chi connectivity index (χ1v) is 12.3. The van der Waals surface area contributed by atoms with E-state index in [4.69, 9.17) is 26.7 Å². The van der Waals surface area contributed by atoms with Crippen LogP contribution in [0.1, 0.15) is 96.8 Å². The van der Waals surface area contributed by atoms with Crippen molar-refractivity contribution >= 4 is 17.9 Å². The highest BCUT2D eigenvalue weighted by atomic mass is 16.5. The molecule has 0 aliphatic carbocycles. The van der Waals surface area contributed by atoms with E-state index in [9.17, 15) is 4.79 Å². The number of hydrogen-bond acceptors (Lipinski definition) is 3. The maximum atomic E-state index is 10.3. The van der Waals surface area contributed by atoms with E-state index in [0.29, 0.717) is 32.7 Å². The Morgan fingerprint density at radius 3 is 1.94 bits per heavy atom. The topological polar surface area (TPSA) is 138 Å². The van der Waals surface area contributed by atoms with Gasteiger partial charge in [0.2, 0.25) is 5.96 Å². The molecule has 0 atom stereocenters. The van der Waals surface area contributed by atoms with Crippen molar-refractivity contribution in [3.63, 3.8) is 0 Å². The Labute approximate surface area is 195 Å². The van der Waals surface area contributed by atoms with Crippen LogP contribution in [0.2, 0.25) is 0 Å². The van der Waals surface area contributed by atoms with E-state index in [1.54, 1.807) is 4.90 Å². The highest BCUT2D eigenvalue weighted by Gasteiger charge is 2.12. The monoisotopic (exact) mass is 453 g/mol. The highest BCUT2D eigenvalue weighted by Crippen LogP contribution is 2.09. The van der Waals surface area contributed by atoms with Gasteiger partial charge in [0.05, 0.1) is 13.2 Å². The smallest absolute Gasteiger partial charge is 0.303 e. The molecule has 0 amide bonds. The molecule has 0 bridgehead atoms. The van der Waals surface area contributed by atoms with Crippen LogP contribution in [0, 0.1) is 5.41 Å². The van der Waals surface area contributed by atoms with E-state index < -0.39 is 5.97 Å². The van der Waals surface area contributed by atoms with Crippen molar-refractivity contribution in [3.8, 4) is 0 Å². The number of carbonyl (C=O) groups is 1. The van der Waals surface area contributed by atoms with Crippen molar-refractivity contribution in [2.24, 2.45) is 16.5 Å². The molecule has 8 nitrogen and oxygen atoms in total. The number of aliphatic imine (C=N–C) groups is 1. The minimum atomic E-state index is -0.664. The number of nitrogens with two attached hydrogens (primary N) is 2. The molecule has 1 heterocycles. The van der Waals surface area contributed by atoms with E-state index in [1.165, 1.54) is 70.6 Å². The molecule has 1 aliphatic rings. The van der Waals surface area contributed by atoms with Gasteiger partial charge in [0.25, 0.3) is 0 Å². The average molecular weight is 454 g/mol. The number of ether oxygens (including phenoxy) is 1. The number of rotatable bonds is 15. The lowest BCUT2D eigenvalue weighted by Gasteiger charge is -2.26. The lowest BCUT2D eigenvalue weighted by Crippen LogP contribution is -2.41. The Bertz CT molecular complexity index is 528. The zero-order valence-electron chi connectivity index (χ0n) is 20.2. The molecule has 1 saturated heterocycles. The van der Waals surface area contributed by atoms with Crippen LogP contribution in [0.5, 0.6) is 0 Å². The van der Waals surface area contributed by atoms with Gasteiger partial charge in [-0.25, -0.2) is 0 Å². The second kappa shape index (κ2) is 22.1. The van der Waals surface area contributed by atoms with Crippen LogP contribution >= 0.6 is 0 Å². The van der Waals surface area contributed by atoms with Gasteiger partial charge in [-0.1, -0.05) is 70.4 Å². The Morgan fingerprint density at radius 2 is 1.44 bits per heavy atom. The molecule has 1 rings (SSSR count). The van der Waals surface area contributed by atoms with Crippen LogP contribution in [0.15, 0.2) is 17.1 Å². The highest BCUT2D eigenvalue weighted by molar-refractivity contribution is 5.91. The molecule has 32 heavy (non-hydrogen) atoms. The molecule has 8 heteroatoms. The van der Waals surface area contributed by atoms with Crippen molar-refractivity contribution in [3.05, 3.63) is 12.2 Å². The van der Waals surface area contributed by atoms with Crippen LogP contribution in [-0.4, -0.2) is 54.2 Å². The molecule has 1 aliphatic heterocycles. The van der Waals surface area contributed by atoms with Gasteiger partial charge in [0.1, 0.15) is 0 Å². The van der Waals surface area contributed by atoms with Gasteiger partial charge in [-0.3, -0.25) is 10.2 Å². The Morgan fingerprint density at radius 1 is 0.938 bits per heavy atom. The van der Waals surface area contributed by atoms with Gasteiger partial charge in [-0.2, -0.15) is 4.99 Å². The van der Waals surface area contributed by atoms with Crippen LogP contribution in [0.4, 0.5) is 0 Å². The number of hydrogen-bond donors (Lipinski definition) is 4. The molecule has 0 radical (unpaired) electrons. The molecular weight excluding hydrogens is 406 g/mol. The van der Waals surface area contributed by atoms with Crippen molar-refractivity contribution in [2.45, 2.75) is 96.8 Å². The van der Waals surface area contributed by atoms with Gasteiger partial charge in [-0.05, 0) is 32.1 Å². The first-order valence-electron chi connectivity index (χ1n) is 12.3. The number of carboxylic acid groups (broad SMARTS) is 1. The molecule has 0 unspecified atom stereocenters. The van der Waals surface area contributed by atoms with Crippen LogP contribution < -0.4 is 11.5 Å². The minimum absolute atomic E-state index is 0.0773. The summed E-state index contributed by atoms with van der Waals surface area (Å²) >= 11 is 0. The number of unbranched alkanes of at least 4 members (excludes halogenated alkanes) is 11. The standard InChI is InChI=1S/C18H34O2.C6H13N5O/c1-2-3-4-5-6-7-8-9-10-11-12-13-14-15-16-17-18(19)20;7-5(8)10-6(9)11-1-3-12-4-2-11/h9-10H,2-8,11-17H2,1H3,(H,19,20);1-4H2,(H5,7,8,9,10)/b10-9-;. The van der Waals surface area contributed by atoms with E-state index in [0.717, 1.165) is 12.8 Å². The van der Waals surface area contributed by atoms with Crippen molar-refractivity contribution < 1.29 is 14.6 Å². The third kappa shape index (κ3) is 21.2. The lowest BCUT2D eigenvalue weighted by atomic mass is 10.1. The molecule has 0 aromatic rings. The fraction of sp³-hybridized carbons (Fsp3) is 0.792. The lowest BCUT2D eigenvalue weighted by molar-refractivity contribution is -0.137. The third-order valence-electron chi connectivity index (χ3n) is 5.20. The number of guanidine groups is 2. The molecule has 0 spiro atoms. The van der Waals surface area contributed by atoms with Crippen LogP contribution in [0.3, 0.4) is 0 Å². The predicted molar refractivity (Wildman–Crippen MR) is 133 cm³/mol. The molecule has 0 saturated carbocycles. The van der Waals surface area contributed by atoms with Gasteiger partial charge in [-0.15, -0.1) is 0 Å². The van der Waals surface area contributed by atoms with Crippen molar-refractivity contribution in [2.75, 3.05) is 26.3 Å². The summed E-state index contributed by atoms with van der Waals surface area (Å²) in [5, 5.41) is 15.9. The first-order chi connectivity index (χ1) is 15.5. The second-order valence-corrected chi connectivity index (χ2v) is 8.19. The van der Waals surface area contributed by atoms with E-state index >= 15 is 0 Å². The summed E-state index contributed by atoms with van der Waals surface area (Å²) in [4.78, 5) is 15.7. The number of nitrogens with zero attached hydrogens (tertiary/aromatic N) is 2. The van der Waals surface area contributed by atoms with Gasteiger partial charge >= 0.3 is 5.97 Å². The SMILES string of the molecule is CCCCCCCC/C=C\CCCCCCCC(=O)O.N=C(N=C(N)N)N1CCOCC1. The van der Waals surface area contributed by atoms with Gasteiger partial charge in [0.15, 0.2) is 5.96 Å². The largest absolute Gasteiger partial charge is 0.481 e. The quantitative estimate of drug-likeness (QED) is 0.123. The Hall–Kier alpha value is -2.09. The van der Waals surface area contributed by atoms with Crippen molar-refractivity contribution in [1.82, 2.24) is 4.90 Å². The van der Waals surface area contributed by atoms with E-state index in [1.807, 2.05) is 0 Å². The summed E-state index contributed by atoms with van der Waals surface area (Å²) < 4.78 is 5.11. The average Bonchev–Trinajstić information content (AvgIpc) is 2.77. The van der Waals surface area contributed by atoms with Crippen LogP contribution in [0.25, 0.3) is 0 Å². The fourth-order valence-electron chi connectivity index (χ4n) is 3.32. The Balaban J connectivity index is 0.000000677. The second-order valence-electron chi connectivity index (χ2n) is 8.19. The van der Waals surface area contributed by atoms with Gasteiger partial charge in [0, 0.05) is 19.5 Å². The molecule has 0 aromatic heterocycles.